The van der Waals surface area contributed by atoms with E-state index in [1.54, 1.807) is 6.20 Å². The lowest BCUT2D eigenvalue weighted by molar-refractivity contribution is -0.0520. The minimum absolute atomic E-state index is 0.213. The molecule has 1 N–H and O–H groups in total. The highest BCUT2D eigenvalue weighted by Crippen LogP contribution is 2.53. The molecule has 1 saturated carbocycles. The van der Waals surface area contributed by atoms with Gasteiger partial charge >= 0.3 is 6.61 Å². The minimum Gasteiger partial charge on any atom is -0.413 e. The van der Waals surface area contributed by atoms with Crippen molar-refractivity contribution in [2.45, 2.75) is 32.3 Å². The molecule has 21 heavy (non-hydrogen) atoms. The lowest BCUT2D eigenvalue weighted by Crippen LogP contribution is -2.35. The Morgan fingerprint density at radius 2 is 2.00 bits per heavy atom. The molecule has 4 rings (SSSR count). The van der Waals surface area contributed by atoms with Crippen molar-refractivity contribution in [3.05, 3.63) is 6.20 Å². The van der Waals surface area contributed by atoms with Gasteiger partial charge in [-0.1, -0.05) is 0 Å². The number of H-pyrrole nitrogens is 1. The first-order chi connectivity index (χ1) is 10.2. The van der Waals surface area contributed by atoms with E-state index in [2.05, 4.69) is 29.8 Å². The first-order valence-electron chi connectivity index (χ1n) is 7.06. The van der Waals surface area contributed by atoms with Crippen LogP contribution in [0, 0.1) is 5.41 Å². The standard InChI is InChI=1S/C13H15F2N5O/c14-12(15)21-11-9-10(18-19-11)17-8(7-16-9)20-5-3-13(1-2-13)4-6-20/h7,12H,1-6H2,(H,17,18,19). The molecular weight excluding hydrogens is 280 g/mol. The quantitative estimate of drug-likeness (QED) is 0.941. The number of nitrogens with one attached hydrogen (secondary N) is 1. The molecule has 0 amide bonds. The summed E-state index contributed by atoms with van der Waals surface area (Å²) >= 11 is 0. The monoisotopic (exact) mass is 295 g/mol. The van der Waals surface area contributed by atoms with E-state index >= 15 is 0 Å². The van der Waals surface area contributed by atoms with E-state index in [1.165, 1.54) is 25.7 Å². The number of aromatic amines is 1. The highest BCUT2D eigenvalue weighted by Gasteiger charge is 2.44. The van der Waals surface area contributed by atoms with Crippen LogP contribution in [-0.2, 0) is 0 Å². The summed E-state index contributed by atoms with van der Waals surface area (Å²) < 4.78 is 28.8. The highest BCUT2D eigenvalue weighted by atomic mass is 19.3. The zero-order valence-electron chi connectivity index (χ0n) is 11.4. The van der Waals surface area contributed by atoms with Crippen LogP contribution < -0.4 is 9.64 Å². The van der Waals surface area contributed by atoms with Crippen molar-refractivity contribution in [3.8, 4) is 5.88 Å². The molecule has 2 aliphatic rings. The van der Waals surface area contributed by atoms with Gasteiger partial charge in [-0.2, -0.15) is 8.78 Å². The summed E-state index contributed by atoms with van der Waals surface area (Å²) in [4.78, 5) is 10.8. The summed E-state index contributed by atoms with van der Waals surface area (Å²) in [5, 5.41) is 6.28. The maximum atomic E-state index is 12.2. The van der Waals surface area contributed by atoms with Gasteiger partial charge in [-0.15, -0.1) is 5.10 Å². The fourth-order valence-electron chi connectivity index (χ4n) is 2.98. The van der Waals surface area contributed by atoms with Crippen LogP contribution in [0.3, 0.4) is 0 Å². The molecule has 2 aromatic heterocycles. The smallest absolute Gasteiger partial charge is 0.388 e. The number of hydrogen-bond acceptors (Lipinski definition) is 5. The average molecular weight is 295 g/mol. The number of alkyl halides is 2. The van der Waals surface area contributed by atoms with Crippen molar-refractivity contribution in [1.29, 1.82) is 0 Å². The summed E-state index contributed by atoms with van der Waals surface area (Å²) in [6.45, 7) is -0.988. The van der Waals surface area contributed by atoms with Crippen molar-refractivity contribution in [2.24, 2.45) is 5.41 Å². The van der Waals surface area contributed by atoms with Crippen LogP contribution in [0.1, 0.15) is 25.7 Å². The van der Waals surface area contributed by atoms with E-state index in [0.29, 0.717) is 11.1 Å². The molecule has 1 spiro atoms. The van der Waals surface area contributed by atoms with Crippen LogP contribution in [0.4, 0.5) is 14.6 Å². The van der Waals surface area contributed by atoms with Crippen LogP contribution >= 0.6 is 0 Å². The summed E-state index contributed by atoms with van der Waals surface area (Å²) in [7, 11) is 0. The first-order valence-corrected chi connectivity index (χ1v) is 7.06. The number of hydrogen-bond donors (Lipinski definition) is 1. The van der Waals surface area contributed by atoms with Gasteiger partial charge in [0, 0.05) is 13.1 Å². The van der Waals surface area contributed by atoms with Crippen LogP contribution in [0.5, 0.6) is 5.88 Å². The summed E-state index contributed by atoms with van der Waals surface area (Å²) in [6, 6.07) is 0. The van der Waals surface area contributed by atoms with Crippen LogP contribution in [0.25, 0.3) is 11.2 Å². The Balaban J connectivity index is 1.56. The predicted molar refractivity (Wildman–Crippen MR) is 71.4 cm³/mol. The van der Waals surface area contributed by atoms with Gasteiger partial charge in [0.05, 0.1) is 6.20 Å². The van der Waals surface area contributed by atoms with Gasteiger partial charge in [0.2, 0.25) is 0 Å². The first kappa shape index (κ1) is 12.7. The van der Waals surface area contributed by atoms with E-state index < -0.39 is 6.61 Å². The molecule has 8 heteroatoms. The van der Waals surface area contributed by atoms with E-state index in [4.69, 9.17) is 0 Å². The SMILES string of the molecule is FC(F)Oc1n[nH]c2nc(N3CCC4(CC3)CC4)cnc12. The zero-order chi connectivity index (χ0) is 14.4. The lowest BCUT2D eigenvalue weighted by atomic mass is 9.94. The van der Waals surface area contributed by atoms with Gasteiger partial charge in [-0.05, 0) is 31.1 Å². The van der Waals surface area contributed by atoms with Crippen LogP contribution in [-0.4, -0.2) is 39.9 Å². The summed E-state index contributed by atoms with van der Waals surface area (Å²) in [5.74, 6) is 0.542. The van der Waals surface area contributed by atoms with Crippen molar-refractivity contribution >= 4 is 17.0 Å². The Hall–Kier alpha value is -1.99. The van der Waals surface area contributed by atoms with Gasteiger partial charge in [-0.25, -0.2) is 9.97 Å². The molecule has 3 heterocycles. The number of anilines is 1. The molecule has 112 valence electrons. The van der Waals surface area contributed by atoms with Crippen LogP contribution in [0.15, 0.2) is 6.20 Å². The van der Waals surface area contributed by atoms with E-state index in [0.717, 1.165) is 18.9 Å². The third kappa shape index (κ3) is 2.28. The van der Waals surface area contributed by atoms with Gasteiger partial charge in [0.1, 0.15) is 5.82 Å². The van der Waals surface area contributed by atoms with Crippen LogP contribution in [0.2, 0.25) is 0 Å². The third-order valence-electron chi connectivity index (χ3n) is 4.53. The fraction of sp³-hybridized carbons (Fsp3) is 0.615. The normalized spacial score (nSPS) is 20.4. The number of nitrogens with zero attached hydrogens (tertiary/aromatic N) is 4. The summed E-state index contributed by atoms with van der Waals surface area (Å²) in [5.41, 5.74) is 1.20. The Kier molecular flexibility index (Phi) is 2.73. The van der Waals surface area contributed by atoms with Crippen molar-refractivity contribution in [3.63, 3.8) is 0 Å². The van der Waals surface area contributed by atoms with Crippen molar-refractivity contribution < 1.29 is 13.5 Å². The van der Waals surface area contributed by atoms with Crippen molar-refractivity contribution in [1.82, 2.24) is 20.2 Å². The van der Waals surface area contributed by atoms with Gasteiger partial charge in [0.25, 0.3) is 5.88 Å². The Bertz CT molecular complexity index is 660. The number of fused-ring (bicyclic) bond motifs is 1. The number of halogens is 2. The van der Waals surface area contributed by atoms with Gasteiger partial charge < -0.3 is 9.64 Å². The molecule has 2 fully saturated rings. The maximum absolute atomic E-state index is 12.2. The maximum Gasteiger partial charge on any atom is 0.388 e. The molecular formula is C13H15F2N5O. The molecule has 0 bridgehead atoms. The lowest BCUT2D eigenvalue weighted by Gasteiger charge is -2.32. The second-order valence-corrected chi connectivity index (χ2v) is 5.82. The highest BCUT2D eigenvalue weighted by molar-refractivity contribution is 5.77. The fourth-order valence-corrected chi connectivity index (χ4v) is 2.98. The number of ether oxygens (including phenoxy) is 1. The molecule has 6 nitrogen and oxygen atoms in total. The van der Waals surface area contributed by atoms with Gasteiger partial charge in [-0.3, -0.25) is 5.10 Å². The number of aromatic nitrogens is 4. The van der Waals surface area contributed by atoms with E-state index in [1.807, 2.05) is 0 Å². The zero-order valence-corrected chi connectivity index (χ0v) is 11.4. The number of piperidine rings is 1. The predicted octanol–water partition coefficient (Wildman–Crippen LogP) is 2.33. The molecule has 0 radical (unpaired) electrons. The summed E-state index contributed by atoms with van der Waals surface area (Å²) in [6.07, 6.45) is 6.67. The number of rotatable bonds is 3. The second-order valence-electron chi connectivity index (χ2n) is 5.82. The molecule has 2 aromatic rings. The largest absolute Gasteiger partial charge is 0.413 e. The topological polar surface area (TPSA) is 66.9 Å². The second kappa shape index (κ2) is 4.51. The Morgan fingerprint density at radius 1 is 1.24 bits per heavy atom. The molecule has 1 aliphatic heterocycles. The van der Waals surface area contributed by atoms with Gasteiger partial charge in [0.15, 0.2) is 11.2 Å². The molecule has 0 atom stereocenters. The molecule has 0 aromatic carbocycles. The average Bonchev–Trinajstić information content (AvgIpc) is 3.11. The van der Waals surface area contributed by atoms with E-state index in [9.17, 15) is 8.78 Å². The van der Waals surface area contributed by atoms with E-state index in [-0.39, 0.29) is 11.4 Å². The minimum atomic E-state index is -2.92. The molecule has 1 saturated heterocycles. The Labute approximate surface area is 119 Å². The Morgan fingerprint density at radius 3 is 2.67 bits per heavy atom. The molecule has 0 unspecified atom stereocenters. The third-order valence-corrected chi connectivity index (χ3v) is 4.53. The van der Waals surface area contributed by atoms with Crippen molar-refractivity contribution in [2.75, 3.05) is 18.0 Å². The molecule has 1 aliphatic carbocycles.